The van der Waals surface area contributed by atoms with Crippen molar-refractivity contribution in [2.24, 2.45) is 0 Å². The molecule has 1 fully saturated rings. The van der Waals surface area contributed by atoms with Crippen LogP contribution in [0.3, 0.4) is 0 Å². The summed E-state index contributed by atoms with van der Waals surface area (Å²) in [7, 11) is 1.49. The Morgan fingerprint density at radius 3 is 2.79 bits per heavy atom. The smallest absolute Gasteiger partial charge is 0.321 e. The van der Waals surface area contributed by atoms with Crippen LogP contribution in [0, 0.1) is 0 Å². The van der Waals surface area contributed by atoms with E-state index < -0.39 is 0 Å². The zero-order valence-corrected chi connectivity index (χ0v) is 14.6. The zero-order valence-electron chi connectivity index (χ0n) is 13.0. The summed E-state index contributed by atoms with van der Waals surface area (Å²) in [6.45, 7) is 2.76. The first-order valence-electron chi connectivity index (χ1n) is 7.31. The minimum absolute atomic E-state index is 0.132. The van der Waals surface area contributed by atoms with E-state index in [2.05, 4.69) is 36.2 Å². The van der Waals surface area contributed by atoms with Crippen LogP contribution in [0.4, 0.5) is 5.95 Å². The second-order valence-corrected chi connectivity index (χ2v) is 5.71. The van der Waals surface area contributed by atoms with Gasteiger partial charge in [0.05, 0.1) is 26.9 Å². The average molecular weight is 398 g/mol. The predicted molar refractivity (Wildman–Crippen MR) is 87.0 cm³/mol. The van der Waals surface area contributed by atoms with Crippen molar-refractivity contribution in [3.05, 3.63) is 28.4 Å². The van der Waals surface area contributed by atoms with Gasteiger partial charge in [0.25, 0.3) is 5.91 Å². The Kier molecular flexibility index (Phi) is 5.26. The van der Waals surface area contributed by atoms with Gasteiger partial charge in [0, 0.05) is 13.1 Å². The molecule has 0 spiro atoms. The Bertz CT molecular complexity index is 717. The number of amides is 1. The molecule has 128 valence electrons. The largest absolute Gasteiger partial charge is 0.467 e. The van der Waals surface area contributed by atoms with Crippen molar-refractivity contribution in [3.8, 4) is 6.01 Å². The van der Waals surface area contributed by atoms with Gasteiger partial charge >= 0.3 is 6.01 Å². The van der Waals surface area contributed by atoms with Gasteiger partial charge in [-0.1, -0.05) is 0 Å². The number of ether oxygens (including phenoxy) is 2. The van der Waals surface area contributed by atoms with E-state index in [4.69, 9.17) is 13.9 Å². The standard InChI is InChI=1S/C14H16BrN5O4/c1-22-14-18-11(8-16-12(21)9-2-3-10(15)24-9)17-13(19-14)20-4-6-23-7-5-20/h2-3H,4-8H2,1H3,(H,16,21). The third kappa shape index (κ3) is 4.01. The Labute approximate surface area is 146 Å². The molecule has 2 aromatic heterocycles. The van der Waals surface area contributed by atoms with E-state index in [0.29, 0.717) is 42.7 Å². The number of carbonyl (C=O) groups is 1. The molecule has 1 amide bonds. The van der Waals surface area contributed by atoms with E-state index in [-0.39, 0.29) is 24.2 Å². The molecule has 1 N–H and O–H groups in total. The number of nitrogens with one attached hydrogen (secondary N) is 1. The van der Waals surface area contributed by atoms with Crippen molar-refractivity contribution < 1.29 is 18.7 Å². The Morgan fingerprint density at radius 1 is 1.33 bits per heavy atom. The van der Waals surface area contributed by atoms with E-state index >= 15 is 0 Å². The van der Waals surface area contributed by atoms with Gasteiger partial charge in [-0.15, -0.1) is 0 Å². The first-order chi connectivity index (χ1) is 11.7. The van der Waals surface area contributed by atoms with Gasteiger partial charge < -0.3 is 24.1 Å². The van der Waals surface area contributed by atoms with Gasteiger partial charge in [-0.2, -0.15) is 15.0 Å². The molecule has 0 aliphatic carbocycles. The van der Waals surface area contributed by atoms with Gasteiger partial charge in [0.15, 0.2) is 16.3 Å². The number of halogens is 1. The summed E-state index contributed by atoms with van der Waals surface area (Å²) in [5, 5.41) is 2.70. The van der Waals surface area contributed by atoms with Crippen LogP contribution in [0.2, 0.25) is 0 Å². The highest BCUT2D eigenvalue weighted by Crippen LogP contribution is 2.15. The molecule has 1 saturated heterocycles. The Hall–Kier alpha value is -2.20. The second-order valence-electron chi connectivity index (χ2n) is 4.92. The maximum atomic E-state index is 12.0. The van der Waals surface area contributed by atoms with E-state index in [1.54, 1.807) is 12.1 Å². The highest BCUT2D eigenvalue weighted by molar-refractivity contribution is 9.10. The van der Waals surface area contributed by atoms with E-state index in [0.717, 1.165) is 0 Å². The first-order valence-corrected chi connectivity index (χ1v) is 8.10. The third-order valence-corrected chi connectivity index (χ3v) is 3.76. The number of hydrogen-bond donors (Lipinski definition) is 1. The van der Waals surface area contributed by atoms with Crippen LogP contribution in [0.15, 0.2) is 21.2 Å². The van der Waals surface area contributed by atoms with Crippen molar-refractivity contribution >= 4 is 27.8 Å². The quantitative estimate of drug-likeness (QED) is 0.796. The minimum atomic E-state index is -0.354. The number of carbonyl (C=O) groups excluding carboxylic acids is 1. The number of rotatable bonds is 5. The SMILES string of the molecule is COc1nc(CNC(=O)c2ccc(Br)o2)nc(N2CCOCC2)n1. The summed E-state index contributed by atoms with van der Waals surface area (Å²) < 4.78 is 16.1. The number of furan rings is 1. The molecule has 2 aromatic rings. The van der Waals surface area contributed by atoms with Crippen molar-refractivity contribution in [2.45, 2.75) is 6.54 Å². The van der Waals surface area contributed by atoms with Crippen molar-refractivity contribution in [3.63, 3.8) is 0 Å². The summed E-state index contributed by atoms with van der Waals surface area (Å²) in [5.74, 6) is 0.766. The Balaban J connectivity index is 1.71. The summed E-state index contributed by atoms with van der Waals surface area (Å²) in [5.41, 5.74) is 0. The number of morpholine rings is 1. The molecule has 3 heterocycles. The molecule has 9 nitrogen and oxygen atoms in total. The van der Waals surface area contributed by atoms with Crippen LogP contribution >= 0.6 is 15.9 Å². The van der Waals surface area contributed by atoms with E-state index in [9.17, 15) is 4.79 Å². The molecule has 0 saturated carbocycles. The summed E-state index contributed by atoms with van der Waals surface area (Å²) in [6, 6.07) is 3.43. The monoisotopic (exact) mass is 397 g/mol. The molecule has 3 rings (SSSR count). The molecule has 1 aliphatic heterocycles. The predicted octanol–water partition coefficient (Wildman–Crippen LogP) is 1.00. The lowest BCUT2D eigenvalue weighted by Gasteiger charge is -2.26. The number of hydrogen-bond acceptors (Lipinski definition) is 8. The number of methoxy groups -OCH3 is 1. The highest BCUT2D eigenvalue weighted by atomic mass is 79.9. The number of anilines is 1. The summed E-state index contributed by atoms with van der Waals surface area (Å²) in [4.78, 5) is 26.8. The van der Waals surface area contributed by atoms with Crippen molar-refractivity contribution in [1.82, 2.24) is 20.3 Å². The normalized spacial score (nSPS) is 14.5. The fourth-order valence-corrected chi connectivity index (χ4v) is 2.45. The molecular weight excluding hydrogens is 382 g/mol. The number of aromatic nitrogens is 3. The fourth-order valence-electron chi connectivity index (χ4n) is 2.14. The maximum Gasteiger partial charge on any atom is 0.321 e. The van der Waals surface area contributed by atoms with Crippen LogP contribution < -0.4 is 15.0 Å². The van der Waals surface area contributed by atoms with E-state index in [1.165, 1.54) is 7.11 Å². The first kappa shape index (κ1) is 16.7. The molecule has 0 unspecified atom stereocenters. The number of nitrogens with zero attached hydrogens (tertiary/aromatic N) is 4. The lowest BCUT2D eigenvalue weighted by molar-refractivity contribution is 0.0920. The molecule has 0 radical (unpaired) electrons. The summed E-state index contributed by atoms with van der Waals surface area (Å²) >= 11 is 3.16. The lowest BCUT2D eigenvalue weighted by atomic mass is 10.4. The molecule has 10 heteroatoms. The Morgan fingerprint density at radius 2 is 2.12 bits per heavy atom. The third-order valence-electron chi connectivity index (χ3n) is 3.33. The van der Waals surface area contributed by atoms with E-state index in [1.807, 2.05) is 4.90 Å². The van der Waals surface area contributed by atoms with Gasteiger partial charge in [-0.05, 0) is 28.1 Å². The lowest BCUT2D eigenvalue weighted by Crippen LogP contribution is -2.37. The molecule has 0 bridgehead atoms. The van der Waals surface area contributed by atoms with Crippen molar-refractivity contribution in [1.29, 1.82) is 0 Å². The van der Waals surface area contributed by atoms with Crippen LogP contribution in [0.5, 0.6) is 6.01 Å². The van der Waals surface area contributed by atoms with Crippen LogP contribution in [-0.4, -0.2) is 54.3 Å². The molecular formula is C14H16BrN5O4. The average Bonchev–Trinajstić information content (AvgIpc) is 3.06. The van der Waals surface area contributed by atoms with Gasteiger partial charge in [0.2, 0.25) is 5.95 Å². The van der Waals surface area contributed by atoms with Gasteiger partial charge in [-0.25, -0.2) is 0 Å². The van der Waals surface area contributed by atoms with Crippen molar-refractivity contribution in [2.75, 3.05) is 38.3 Å². The maximum absolute atomic E-state index is 12.0. The van der Waals surface area contributed by atoms with Crippen LogP contribution in [0.1, 0.15) is 16.4 Å². The molecule has 24 heavy (non-hydrogen) atoms. The van der Waals surface area contributed by atoms with Crippen LogP contribution in [-0.2, 0) is 11.3 Å². The second kappa shape index (κ2) is 7.58. The highest BCUT2D eigenvalue weighted by Gasteiger charge is 2.17. The van der Waals surface area contributed by atoms with Gasteiger partial charge in [-0.3, -0.25) is 4.79 Å². The zero-order chi connectivity index (χ0) is 16.9. The van der Waals surface area contributed by atoms with Gasteiger partial charge in [0.1, 0.15) is 0 Å². The topological polar surface area (TPSA) is 103 Å². The van der Waals surface area contributed by atoms with Crippen LogP contribution in [0.25, 0.3) is 0 Å². The summed E-state index contributed by atoms with van der Waals surface area (Å²) in [6.07, 6.45) is 0. The fraction of sp³-hybridized carbons (Fsp3) is 0.429. The minimum Gasteiger partial charge on any atom is -0.467 e. The molecule has 0 aromatic carbocycles. The molecule has 0 atom stereocenters. The molecule has 1 aliphatic rings.